The van der Waals surface area contributed by atoms with Gasteiger partial charge in [-0.05, 0) is 24.0 Å². The Bertz CT molecular complexity index is 1760. The summed E-state index contributed by atoms with van der Waals surface area (Å²) in [5.74, 6) is 0.171. The van der Waals surface area contributed by atoms with Gasteiger partial charge in [-0.3, -0.25) is 14.6 Å². The number of nitrogens with zero attached hydrogens (tertiary/aromatic N) is 7. The predicted molar refractivity (Wildman–Crippen MR) is 175 cm³/mol. The summed E-state index contributed by atoms with van der Waals surface area (Å²) in [7, 11) is 1.45. The number of benzene rings is 2. The van der Waals surface area contributed by atoms with E-state index in [1.807, 2.05) is 36.4 Å². The zero-order valence-electron chi connectivity index (χ0n) is 27.6. The lowest BCUT2D eigenvalue weighted by atomic mass is 9.81. The molecule has 14 heteroatoms. The number of fused-ring (bicyclic) bond motifs is 1. The van der Waals surface area contributed by atoms with Crippen LogP contribution in [0.3, 0.4) is 0 Å². The van der Waals surface area contributed by atoms with Crippen LogP contribution >= 0.6 is 0 Å². The van der Waals surface area contributed by atoms with Crippen molar-refractivity contribution in [2.24, 2.45) is 0 Å². The van der Waals surface area contributed by atoms with E-state index in [1.165, 1.54) is 25.7 Å². The minimum Gasteiger partial charge on any atom is -0.619 e. The zero-order chi connectivity index (χ0) is 34.8. The number of hydrogen-bond acceptors (Lipinski definition) is 9. The van der Waals surface area contributed by atoms with Crippen molar-refractivity contribution in [2.45, 2.75) is 49.5 Å². The molecule has 2 aromatic carbocycles. The lowest BCUT2D eigenvalue weighted by Gasteiger charge is -2.53. The number of ether oxygens (including phenoxy) is 2. The molecule has 2 aliphatic heterocycles. The summed E-state index contributed by atoms with van der Waals surface area (Å²) in [5.41, 5.74) is 2.66. The molecule has 1 amide bonds. The zero-order valence-corrected chi connectivity index (χ0v) is 27.6. The molecule has 4 heterocycles. The summed E-state index contributed by atoms with van der Waals surface area (Å²) in [6, 6.07) is 20.3. The molecule has 0 N–H and O–H groups in total. The maximum atomic E-state index is 13.6. The third-order valence-corrected chi connectivity index (χ3v) is 9.59. The van der Waals surface area contributed by atoms with E-state index in [-0.39, 0.29) is 53.8 Å². The van der Waals surface area contributed by atoms with Crippen molar-refractivity contribution in [1.82, 2.24) is 29.7 Å². The fourth-order valence-electron chi connectivity index (χ4n) is 7.21. The van der Waals surface area contributed by atoms with Crippen molar-refractivity contribution in [3.05, 3.63) is 113 Å². The molecule has 2 atom stereocenters. The van der Waals surface area contributed by atoms with Crippen molar-refractivity contribution in [3.8, 4) is 11.8 Å². The highest BCUT2D eigenvalue weighted by atomic mass is 19.4. The second-order valence-electron chi connectivity index (χ2n) is 13.1. The maximum Gasteiger partial charge on any atom is 0.422 e. The highest BCUT2D eigenvalue weighted by molar-refractivity contribution is 5.91. The highest BCUT2D eigenvalue weighted by Crippen LogP contribution is 2.42. The van der Waals surface area contributed by atoms with E-state index >= 15 is 0 Å². The summed E-state index contributed by atoms with van der Waals surface area (Å²) in [4.78, 5) is 33.1. The Labute approximate surface area is 287 Å². The molecule has 3 aliphatic rings. The van der Waals surface area contributed by atoms with Gasteiger partial charge in [0.15, 0.2) is 18.5 Å². The molecule has 0 spiro atoms. The SMILES string of the molecule is COc1nc(C2CC2)nc(OCC(F)(F)F)c1CN1C[C@@H]2CN(C(=O)c3c[n+]([O-])ccn3)CCN2[C@H](C(c2ccccc2)c2ccccc2)C1. The van der Waals surface area contributed by atoms with Gasteiger partial charge in [0, 0.05) is 63.2 Å². The number of aromatic nitrogens is 4. The molecule has 2 saturated heterocycles. The van der Waals surface area contributed by atoms with Gasteiger partial charge in [0.1, 0.15) is 5.82 Å². The molecule has 0 unspecified atom stereocenters. The van der Waals surface area contributed by atoms with E-state index in [0.717, 1.165) is 24.0 Å². The van der Waals surface area contributed by atoms with E-state index in [9.17, 15) is 23.2 Å². The average Bonchev–Trinajstić information content (AvgIpc) is 3.97. The number of alkyl halides is 3. The van der Waals surface area contributed by atoms with Crippen molar-refractivity contribution in [3.63, 3.8) is 0 Å². The lowest BCUT2D eigenvalue weighted by molar-refractivity contribution is -0.606. The second-order valence-corrected chi connectivity index (χ2v) is 13.1. The Balaban J connectivity index is 1.25. The Kier molecular flexibility index (Phi) is 9.56. The van der Waals surface area contributed by atoms with Crippen molar-refractivity contribution >= 4 is 5.91 Å². The fraction of sp³-hybridized carbons (Fsp3) is 0.417. The molecule has 11 nitrogen and oxygen atoms in total. The minimum atomic E-state index is -4.55. The van der Waals surface area contributed by atoms with Gasteiger partial charge in [0.2, 0.25) is 18.0 Å². The van der Waals surface area contributed by atoms with Gasteiger partial charge in [-0.2, -0.15) is 27.9 Å². The molecule has 3 fully saturated rings. The van der Waals surface area contributed by atoms with Crippen molar-refractivity contribution in [1.29, 1.82) is 0 Å². The van der Waals surface area contributed by atoms with Crippen LogP contribution in [0, 0.1) is 5.21 Å². The smallest absolute Gasteiger partial charge is 0.422 e. The number of amides is 1. The van der Waals surface area contributed by atoms with Gasteiger partial charge in [-0.15, -0.1) is 0 Å². The van der Waals surface area contributed by atoms with Gasteiger partial charge in [-0.25, -0.2) is 4.98 Å². The fourth-order valence-corrected chi connectivity index (χ4v) is 7.21. The largest absolute Gasteiger partial charge is 0.619 e. The van der Waals surface area contributed by atoms with Gasteiger partial charge in [0.25, 0.3) is 5.91 Å². The van der Waals surface area contributed by atoms with E-state index in [2.05, 4.69) is 49.0 Å². The van der Waals surface area contributed by atoms with Crippen molar-refractivity contribution < 1.29 is 32.2 Å². The molecule has 1 saturated carbocycles. The lowest BCUT2D eigenvalue weighted by Crippen LogP contribution is -2.67. The van der Waals surface area contributed by atoms with Crippen LogP contribution in [0.1, 0.15) is 57.7 Å². The first-order valence-corrected chi connectivity index (χ1v) is 16.7. The number of carbonyl (C=O) groups excluding carboxylic acids is 1. The standard InChI is InChI=1S/C36H38F3N7O4/c1-49-33-28(34(50-23-36(37,38)39)42-32(41-33)26-12-13-26)20-43-18-27-19-44(35(47)29-21-45(48)15-14-40-29)16-17-46(27)30(22-43)31(24-8-4-2-5-9-24)25-10-6-3-7-11-25/h2-11,14-15,21,26-27,30-31H,12-13,16-20,22-23H2,1H3/t27-,30+/m1/s1. The molecule has 262 valence electrons. The van der Waals surface area contributed by atoms with Crippen LogP contribution in [0.15, 0.2) is 79.3 Å². The summed E-state index contributed by atoms with van der Waals surface area (Å²) in [5, 5.41) is 12.0. The van der Waals surface area contributed by atoms with E-state index in [0.29, 0.717) is 48.8 Å². The van der Waals surface area contributed by atoms with E-state index < -0.39 is 12.8 Å². The maximum absolute atomic E-state index is 13.6. The van der Waals surface area contributed by atoms with Crippen LogP contribution in [-0.2, 0) is 6.54 Å². The van der Waals surface area contributed by atoms with Gasteiger partial charge in [-0.1, -0.05) is 60.7 Å². The third-order valence-electron chi connectivity index (χ3n) is 9.59. The van der Waals surface area contributed by atoms with Crippen molar-refractivity contribution in [2.75, 3.05) is 46.4 Å². The minimum absolute atomic E-state index is 0.0588. The van der Waals surface area contributed by atoms with Crippen LogP contribution in [-0.4, -0.2) is 100 Å². The monoisotopic (exact) mass is 689 g/mol. The molecule has 7 rings (SSSR count). The van der Waals surface area contributed by atoms with Gasteiger partial charge in [0.05, 0.1) is 18.9 Å². The van der Waals surface area contributed by atoms with Gasteiger partial charge >= 0.3 is 6.18 Å². The third kappa shape index (κ3) is 7.50. The number of carbonyl (C=O) groups is 1. The number of methoxy groups -OCH3 is 1. The highest BCUT2D eigenvalue weighted by Gasteiger charge is 2.44. The number of halogens is 3. The number of hydrogen-bond donors (Lipinski definition) is 0. The predicted octanol–water partition coefficient (Wildman–Crippen LogP) is 4.18. The van der Waals surface area contributed by atoms with Crippen LogP contribution < -0.4 is 14.2 Å². The molecule has 0 bridgehead atoms. The molecule has 4 aromatic rings. The molecular formula is C36H38F3N7O4. The number of piperazine rings is 2. The van der Waals surface area contributed by atoms with Crippen LogP contribution in [0.4, 0.5) is 13.2 Å². The topological polar surface area (TPSA) is 111 Å². The van der Waals surface area contributed by atoms with Gasteiger partial charge < -0.3 is 19.6 Å². The molecule has 50 heavy (non-hydrogen) atoms. The normalized spacial score (nSPS) is 20.1. The Morgan fingerprint density at radius 2 is 1.66 bits per heavy atom. The van der Waals surface area contributed by atoms with E-state index in [4.69, 9.17) is 9.47 Å². The van der Waals surface area contributed by atoms with E-state index in [1.54, 1.807) is 4.90 Å². The molecule has 2 aromatic heterocycles. The summed E-state index contributed by atoms with van der Waals surface area (Å²) < 4.78 is 51.8. The first-order valence-electron chi connectivity index (χ1n) is 16.7. The quantitative estimate of drug-likeness (QED) is 0.179. The average molecular weight is 690 g/mol. The Hall–Kier alpha value is -4.82. The second kappa shape index (κ2) is 14.2. The van der Waals surface area contributed by atoms with Crippen LogP contribution in [0.2, 0.25) is 0 Å². The Morgan fingerprint density at radius 1 is 0.980 bits per heavy atom. The first-order chi connectivity index (χ1) is 24.2. The van der Waals surface area contributed by atoms with Crippen LogP contribution in [0.5, 0.6) is 11.8 Å². The Morgan fingerprint density at radius 3 is 2.28 bits per heavy atom. The molecule has 0 radical (unpaired) electrons. The van der Waals surface area contributed by atoms with Crippen LogP contribution in [0.25, 0.3) is 0 Å². The summed E-state index contributed by atoms with van der Waals surface area (Å²) in [6.45, 7) is 1.12. The first kappa shape index (κ1) is 33.7. The summed E-state index contributed by atoms with van der Waals surface area (Å²) in [6.07, 6.45) is 0.868. The number of rotatable bonds is 10. The molecule has 1 aliphatic carbocycles. The molecular weight excluding hydrogens is 651 g/mol. The summed E-state index contributed by atoms with van der Waals surface area (Å²) >= 11 is 0.